The fraction of sp³-hybridized carbons (Fsp3) is 0.800. The summed E-state index contributed by atoms with van der Waals surface area (Å²) in [5.74, 6) is 0. The van der Waals surface area contributed by atoms with Crippen LogP contribution < -0.4 is 86.8 Å². The van der Waals surface area contributed by atoms with Gasteiger partial charge >= 0.3 is 16.8 Å². The fourth-order valence-corrected chi connectivity index (χ4v) is 4.73. The molecule has 0 atom stereocenters. The molecule has 0 unspecified atom stereocenters. The number of quaternary nitrogens is 1. The van der Waals surface area contributed by atoms with Gasteiger partial charge in [-0.2, -0.15) is 11.3 Å². The van der Waals surface area contributed by atoms with Crippen LogP contribution in [0.1, 0.15) is 12.5 Å². The van der Waals surface area contributed by atoms with E-state index in [2.05, 4.69) is 61.0 Å². The van der Waals surface area contributed by atoms with Gasteiger partial charge in [-0.15, -0.1) is 0 Å². The fourth-order valence-electron chi connectivity index (χ4n) is 4.05. The Morgan fingerprint density at radius 1 is 0.625 bits per heavy atom. The van der Waals surface area contributed by atoms with Gasteiger partial charge in [0, 0.05) is 69.9 Å². The van der Waals surface area contributed by atoms with Crippen molar-refractivity contribution >= 4 is 11.3 Å². The summed E-state index contributed by atoms with van der Waals surface area (Å²) in [6, 6.07) is 2.24. The van der Waals surface area contributed by atoms with Crippen molar-refractivity contribution in [1.82, 2.24) is 31.9 Å². The van der Waals surface area contributed by atoms with Gasteiger partial charge in [-0.3, -0.25) is 0 Å². The first-order valence-electron chi connectivity index (χ1n) is 10.8. The molecule has 22 N–H and O–H groups in total. The minimum atomic E-state index is 0. The van der Waals surface area contributed by atoms with E-state index in [1.54, 1.807) is 11.3 Å². The number of rotatable bonds is 3. The monoisotopic (exact) mass is 735 g/mol. The molecule has 0 spiro atoms. The average Bonchev–Trinajstić information content (AvgIpc) is 3.21. The van der Waals surface area contributed by atoms with E-state index in [1.807, 2.05) is 0 Å². The molecule has 3 fully saturated rings. The van der Waals surface area contributed by atoms with E-state index in [9.17, 15) is 0 Å². The maximum Gasteiger partial charge on any atom is 3.00 e. The Bertz CT molecular complexity index is 544. The van der Waals surface area contributed by atoms with Gasteiger partial charge in [-0.25, -0.2) is 0 Å². The average molecular weight is 738 g/mol. The van der Waals surface area contributed by atoms with Crippen molar-refractivity contribution in [3.05, 3.63) is 22.4 Å². The van der Waals surface area contributed by atoms with E-state index >= 15 is 0 Å². The number of nitrogens with two attached hydrogens (primary N) is 1. The van der Waals surface area contributed by atoms with Crippen LogP contribution in [0, 0.1) is 5.41 Å². The molecule has 3 aliphatic heterocycles. The van der Waals surface area contributed by atoms with Crippen LogP contribution >= 0.6 is 11.3 Å². The molecule has 4 rings (SSSR count). The maximum absolute atomic E-state index is 3.73. The molecule has 20 heteroatoms. The summed E-state index contributed by atoms with van der Waals surface area (Å²) in [6.45, 7) is 15.5. The number of hydrogen-bond acceptors (Lipinski definition) is 7. The largest absolute Gasteiger partial charge is 3.00 e. The molecule has 0 saturated carbocycles. The van der Waals surface area contributed by atoms with E-state index in [0.717, 1.165) is 85.1 Å². The third-order valence-corrected chi connectivity index (χ3v) is 6.61. The minimum Gasteiger partial charge on any atom is -1.00 e. The van der Waals surface area contributed by atoms with Crippen molar-refractivity contribution in [3.63, 3.8) is 0 Å². The second-order valence-electron chi connectivity index (χ2n) is 8.77. The van der Waals surface area contributed by atoms with Gasteiger partial charge < -0.3 is 125 Å². The molecule has 14 nitrogen and oxygen atoms in total. The van der Waals surface area contributed by atoms with Crippen LogP contribution in [0.3, 0.4) is 0 Å². The molecule has 1 aromatic rings. The molecular weight excluding hydrogens is 683 g/mol. The number of halogens is 4. The van der Waals surface area contributed by atoms with Crippen LogP contribution in [0.4, 0.5) is 0 Å². The van der Waals surface area contributed by atoms with Crippen LogP contribution in [0.25, 0.3) is 0 Å². The molecule has 254 valence electrons. The summed E-state index contributed by atoms with van der Waals surface area (Å²) in [6.07, 6.45) is 0. The molecule has 0 aromatic carbocycles. The number of fused-ring (bicyclic) bond motifs is 15. The van der Waals surface area contributed by atoms with Crippen molar-refractivity contribution in [2.45, 2.75) is 19.0 Å². The second-order valence-corrected chi connectivity index (χ2v) is 9.55. The van der Waals surface area contributed by atoms with Gasteiger partial charge in [0.15, 0.2) is 0 Å². The number of nitrogens with one attached hydrogen (secondary N) is 6. The van der Waals surface area contributed by atoms with Crippen LogP contribution in [-0.2, 0) is 23.3 Å². The van der Waals surface area contributed by atoms with Crippen molar-refractivity contribution in [2.75, 3.05) is 78.5 Å². The Hall–Kier alpha value is 0.806. The van der Waals surface area contributed by atoms with Crippen LogP contribution in [-0.4, -0.2) is 122 Å². The first kappa shape index (κ1) is 68.1. The summed E-state index contributed by atoms with van der Waals surface area (Å²) in [5.41, 5.74) is 1.75. The first-order chi connectivity index (χ1) is 13.7. The Morgan fingerprint density at radius 3 is 1.25 bits per heavy atom. The van der Waals surface area contributed by atoms with Crippen molar-refractivity contribution in [1.29, 1.82) is 0 Å². The molecule has 0 amide bonds. The molecule has 3 aliphatic rings. The van der Waals surface area contributed by atoms with Crippen molar-refractivity contribution in [3.8, 4) is 0 Å². The molecular formula is C20H54Cl4CoN7O7S. The van der Waals surface area contributed by atoms with E-state index < -0.39 is 0 Å². The molecule has 3 saturated heterocycles. The summed E-state index contributed by atoms with van der Waals surface area (Å²) >= 11 is 1.78. The van der Waals surface area contributed by atoms with Crippen molar-refractivity contribution in [2.24, 2.45) is 5.41 Å². The van der Waals surface area contributed by atoms with Gasteiger partial charge in [0.05, 0.1) is 19.6 Å². The Kier molecular flexibility index (Phi) is 64.4. The maximum atomic E-state index is 3.73. The van der Waals surface area contributed by atoms with Crippen molar-refractivity contribution < 1.29 is 110 Å². The Balaban J connectivity index is -0.0000000937. The molecule has 1 aromatic heterocycles. The normalized spacial score (nSPS) is 22.3. The van der Waals surface area contributed by atoms with Crippen LogP contribution in [0.5, 0.6) is 0 Å². The summed E-state index contributed by atoms with van der Waals surface area (Å²) in [7, 11) is 0. The summed E-state index contributed by atoms with van der Waals surface area (Å²) < 4.78 is 0. The topological polar surface area (TPSA) is 309 Å². The molecule has 40 heavy (non-hydrogen) atoms. The van der Waals surface area contributed by atoms with Crippen LogP contribution in [0.2, 0.25) is 0 Å². The van der Waals surface area contributed by atoms with Gasteiger partial charge in [-0.1, -0.05) is 6.92 Å². The SMILES string of the molecule is CC12CNCCNCC([NH2+]Cc3ccsc3)(CNCCNC1)CNCCNC2.O.O.O.O.O.O.O.[Cl-].[Cl-].[Cl-].[Cl-].[Co+3]. The quantitative estimate of drug-likeness (QED) is 0.158. The predicted molar refractivity (Wildman–Crippen MR) is 143 cm³/mol. The van der Waals surface area contributed by atoms with Gasteiger partial charge in [-0.05, 0) is 16.8 Å². The molecule has 0 aliphatic carbocycles. The number of hydrogen-bond donors (Lipinski definition) is 7. The molecule has 4 heterocycles. The zero-order chi connectivity index (χ0) is 19.5. The zero-order valence-corrected chi connectivity index (χ0v) is 27.6. The van der Waals surface area contributed by atoms with Gasteiger partial charge in [0.2, 0.25) is 0 Å². The number of thiophene rings is 1. The van der Waals surface area contributed by atoms with E-state index in [1.165, 1.54) is 5.56 Å². The minimum absolute atomic E-state index is 0. The second kappa shape index (κ2) is 37.8. The van der Waals surface area contributed by atoms with Gasteiger partial charge in [0.1, 0.15) is 12.1 Å². The standard InChI is InChI=1S/C20H39N7S.4ClH.Co.7H2O/c1-19-12-21-3-6-24-15-20(16-25-7-4-22-13-19,17-26-8-5-23-14-19)27-10-18-2-9-28-11-18;;;;;;;;;;;;/h2,9,11,21-27H,3-8,10,12-17H2,1H3;4*1H;;7*1H2/q;;;;;+3;;;;;;;/p-3. The van der Waals surface area contributed by atoms with Crippen LogP contribution in [0.15, 0.2) is 16.8 Å². The molecule has 0 radical (unpaired) electrons. The van der Waals surface area contributed by atoms with E-state index in [0.29, 0.717) is 0 Å². The Morgan fingerprint density at radius 2 is 0.950 bits per heavy atom. The zero-order valence-electron chi connectivity index (χ0n) is 22.8. The third kappa shape index (κ3) is 25.3. The predicted octanol–water partition coefficient (Wildman–Crippen LogP) is -19.6. The van der Waals surface area contributed by atoms with Gasteiger partial charge in [0.25, 0.3) is 0 Å². The Labute approximate surface area is 277 Å². The smallest absolute Gasteiger partial charge is 1.00 e. The molecule has 2 bridgehead atoms. The summed E-state index contributed by atoms with van der Waals surface area (Å²) in [4.78, 5) is 0. The van der Waals surface area contributed by atoms with E-state index in [4.69, 9.17) is 0 Å². The third-order valence-electron chi connectivity index (χ3n) is 5.87. The van der Waals surface area contributed by atoms with E-state index in [-0.39, 0.29) is 116 Å². The first-order valence-corrected chi connectivity index (χ1v) is 11.7. The summed E-state index contributed by atoms with van der Waals surface area (Å²) in [5, 5.41) is 29.2.